The van der Waals surface area contributed by atoms with E-state index in [0.29, 0.717) is 19.1 Å². The van der Waals surface area contributed by atoms with Crippen molar-refractivity contribution in [2.45, 2.75) is 44.7 Å². The highest BCUT2D eigenvalue weighted by Crippen LogP contribution is 2.35. The fourth-order valence-corrected chi connectivity index (χ4v) is 3.26. The lowest BCUT2D eigenvalue weighted by Crippen LogP contribution is -2.22. The van der Waals surface area contributed by atoms with Crippen LogP contribution in [0, 0.1) is 5.92 Å². The molecule has 0 bridgehead atoms. The Morgan fingerprint density at radius 1 is 1.12 bits per heavy atom. The molecule has 142 valence electrons. The van der Waals surface area contributed by atoms with E-state index in [1.54, 1.807) is 0 Å². The molecule has 0 saturated heterocycles. The van der Waals surface area contributed by atoms with Gasteiger partial charge in [-0.25, -0.2) is 0 Å². The highest BCUT2D eigenvalue weighted by atomic mass is 19.4. The second kappa shape index (κ2) is 7.99. The molecular formula is C18H22F3N3O2. The predicted molar refractivity (Wildman–Crippen MR) is 90.4 cm³/mol. The summed E-state index contributed by atoms with van der Waals surface area (Å²) in [5, 5.41) is 3.86. The van der Waals surface area contributed by atoms with Crippen LogP contribution in [0.15, 0.2) is 36.5 Å². The molecule has 0 amide bonds. The van der Waals surface area contributed by atoms with Crippen LogP contribution in [-0.4, -0.2) is 22.7 Å². The third-order valence-electron chi connectivity index (χ3n) is 4.59. The molecule has 2 N–H and O–H groups in total. The minimum Gasteiger partial charge on any atom is -0.393 e. The smallest absolute Gasteiger partial charge is 0.393 e. The Kier molecular flexibility index (Phi) is 5.70. The molecule has 0 unspecified atom stereocenters. The number of nitrogens with two attached hydrogens (primary N) is 1. The molecule has 8 heteroatoms. The molecule has 1 heterocycles. The number of ether oxygens (including phenoxy) is 2. The summed E-state index contributed by atoms with van der Waals surface area (Å²) in [7, 11) is 0. The van der Waals surface area contributed by atoms with Crippen molar-refractivity contribution in [2.24, 2.45) is 5.92 Å². The van der Waals surface area contributed by atoms with Gasteiger partial charge in [0.2, 0.25) is 0 Å². The maximum absolute atomic E-state index is 12.3. The number of nitrogens with zero attached hydrogens (tertiary/aromatic N) is 2. The molecule has 1 aromatic heterocycles. The fourth-order valence-electron chi connectivity index (χ4n) is 3.26. The predicted octanol–water partition coefficient (Wildman–Crippen LogP) is 4.31. The lowest BCUT2D eigenvalue weighted by atomic mass is 9.86. The minimum atomic E-state index is -4.79. The Balaban J connectivity index is 1.45. The van der Waals surface area contributed by atoms with E-state index in [2.05, 4.69) is 9.84 Å². The normalized spacial score (nSPS) is 20.9. The van der Waals surface area contributed by atoms with Crippen molar-refractivity contribution in [1.82, 2.24) is 9.78 Å². The first kappa shape index (κ1) is 18.6. The Bertz CT molecular complexity index is 695. The van der Waals surface area contributed by atoms with Gasteiger partial charge in [0.15, 0.2) is 0 Å². The van der Waals surface area contributed by atoms with Crippen molar-refractivity contribution in [2.75, 3.05) is 12.3 Å². The van der Waals surface area contributed by atoms with E-state index in [0.717, 1.165) is 31.2 Å². The van der Waals surface area contributed by atoms with Crippen molar-refractivity contribution < 1.29 is 22.6 Å². The van der Waals surface area contributed by atoms with E-state index in [4.69, 9.17) is 10.5 Å². The standard InChI is InChI=1S/C18H22F3N3O2/c19-18(20,21)26-17-16(22)10-24(23-17)15-8-6-14(7-9-15)12-25-11-13-4-2-1-3-5-13/h1-5,10,14-15H,6-9,11-12,22H2. The lowest BCUT2D eigenvalue weighted by Gasteiger charge is -2.28. The quantitative estimate of drug-likeness (QED) is 0.824. The minimum absolute atomic E-state index is 0.0354. The molecule has 3 rings (SSSR count). The third-order valence-corrected chi connectivity index (χ3v) is 4.59. The van der Waals surface area contributed by atoms with Gasteiger partial charge < -0.3 is 15.2 Å². The molecule has 1 fully saturated rings. The van der Waals surface area contributed by atoms with Gasteiger partial charge in [-0.15, -0.1) is 18.3 Å². The average Bonchev–Trinajstić information content (AvgIpc) is 2.95. The zero-order valence-corrected chi connectivity index (χ0v) is 14.3. The van der Waals surface area contributed by atoms with E-state index in [1.807, 2.05) is 30.3 Å². The monoisotopic (exact) mass is 369 g/mol. The van der Waals surface area contributed by atoms with Crippen molar-refractivity contribution in [3.8, 4) is 5.88 Å². The summed E-state index contributed by atoms with van der Waals surface area (Å²) >= 11 is 0. The number of anilines is 1. The molecule has 1 aliphatic carbocycles. The maximum atomic E-state index is 12.3. The van der Waals surface area contributed by atoms with Crippen LogP contribution in [0.1, 0.15) is 37.3 Å². The molecule has 0 spiro atoms. The van der Waals surface area contributed by atoms with Gasteiger partial charge in [0.05, 0.1) is 18.8 Å². The number of alkyl halides is 3. The highest BCUT2D eigenvalue weighted by molar-refractivity contribution is 5.46. The number of hydrogen-bond donors (Lipinski definition) is 1. The zero-order chi connectivity index (χ0) is 18.6. The summed E-state index contributed by atoms with van der Waals surface area (Å²) in [6.45, 7) is 1.28. The molecule has 2 aromatic rings. The number of aromatic nitrogens is 2. The number of hydrogen-bond acceptors (Lipinski definition) is 4. The maximum Gasteiger partial charge on any atom is 0.574 e. The summed E-state index contributed by atoms with van der Waals surface area (Å²) in [4.78, 5) is 0. The van der Waals surface area contributed by atoms with E-state index in [9.17, 15) is 13.2 Å². The topological polar surface area (TPSA) is 62.3 Å². The first-order valence-electron chi connectivity index (χ1n) is 8.63. The van der Waals surface area contributed by atoms with Gasteiger partial charge >= 0.3 is 6.36 Å². The molecule has 26 heavy (non-hydrogen) atoms. The summed E-state index contributed by atoms with van der Waals surface area (Å²) in [6.07, 6.45) is 0.153. The lowest BCUT2D eigenvalue weighted by molar-refractivity contribution is -0.276. The van der Waals surface area contributed by atoms with Gasteiger partial charge in [-0.2, -0.15) is 0 Å². The summed E-state index contributed by atoms with van der Waals surface area (Å²) in [5.74, 6) is -0.125. The van der Waals surface area contributed by atoms with Crippen molar-refractivity contribution >= 4 is 5.69 Å². The highest BCUT2D eigenvalue weighted by Gasteiger charge is 2.34. The largest absolute Gasteiger partial charge is 0.574 e. The zero-order valence-electron chi connectivity index (χ0n) is 14.3. The summed E-state index contributed by atoms with van der Waals surface area (Å²) < 4.78 is 48.1. The molecule has 1 aromatic carbocycles. The molecule has 1 aliphatic rings. The fraction of sp³-hybridized carbons (Fsp3) is 0.500. The number of benzene rings is 1. The average molecular weight is 369 g/mol. The molecule has 0 aliphatic heterocycles. The van der Waals surface area contributed by atoms with Crippen LogP contribution in [0.2, 0.25) is 0 Å². The molecule has 1 saturated carbocycles. The Morgan fingerprint density at radius 3 is 2.46 bits per heavy atom. The van der Waals surface area contributed by atoms with Crippen LogP contribution in [0.4, 0.5) is 18.9 Å². The first-order chi connectivity index (χ1) is 12.4. The van der Waals surface area contributed by atoms with Crippen LogP contribution in [0.3, 0.4) is 0 Å². The van der Waals surface area contributed by atoms with Gasteiger partial charge in [-0.1, -0.05) is 30.3 Å². The van der Waals surface area contributed by atoms with Crippen molar-refractivity contribution in [3.63, 3.8) is 0 Å². The Labute approximate surface area is 149 Å². The second-order valence-electron chi connectivity index (χ2n) is 6.59. The summed E-state index contributed by atoms with van der Waals surface area (Å²) in [5.41, 5.74) is 6.62. The van der Waals surface area contributed by atoms with E-state index < -0.39 is 12.2 Å². The second-order valence-corrected chi connectivity index (χ2v) is 6.59. The number of rotatable bonds is 6. The van der Waals surface area contributed by atoms with Crippen molar-refractivity contribution in [1.29, 1.82) is 0 Å². The summed E-state index contributed by atoms with van der Waals surface area (Å²) in [6, 6.07) is 10.0. The van der Waals surface area contributed by atoms with Crippen LogP contribution < -0.4 is 10.5 Å². The van der Waals surface area contributed by atoms with Crippen molar-refractivity contribution in [3.05, 3.63) is 42.1 Å². The van der Waals surface area contributed by atoms with Crippen LogP contribution in [-0.2, 0) is 11.3 Å². The number of halogens is 3. The first-order valence-corrected chi connectivity index (χ1v) is 8.63. The number of nitrogen functional groups attached to an aromatic ring is 1. The van der Waals surface area contributed by atoms with E-state index in [-0.39, 0.29) is 11.7 Å². The van der Waals surface area contributed by atoms with Crippen LogP contribution in [0.25, 0.3) is 0 Å². The van der Waals surface area contributed by atoms with Gasteiger partial charge in [0, 0.05) is 6.61 Å². The molecule has 0 radical (unpaired) electrons. The Hall–Kier alpha value is -2.22. The SMILES string of the molecule is Nc1cn(C2CCC(COCc3ccccc3)CC2)nc1OC(F)(F)F. The third kappa shape index (κ3) is 5.14. The molecule has 5 nitrogen and oxygen atoms in total. The van der Waals surface area contributed by atoms with Gasteiger partial charge in [0.25, 0.3) is 5.88 Å². The molecular weight excluding hydrogens is 347 g/mol. The van der Waals surface area contributed by atoms with E-state index in [1.165, 1.54) is 10.9 Å². The van der Waals surface area contributed by atoms with Gasteiger partial charge in [-0.05, 0) is 37.2 Å². The van der Waals surface area contributed by atoms with Crippen LogP contribution >= 0.6 is 0 Å². The van der Waals surface area contributed by atoms with Gasteiger partial charge in [0.1, 0.15) is 5.69 Å². The Morgan fingerprint density at radius 2 is 1.81 bits per heavy atom. The van der Waals surface area contributed by atoms with Gasteiger partial charge in [-0.3, -0.25) is 4.68 Å². The van der Waals surface area contributed by atoms with E-state index >= 15 is 0 Å². The van der Waals surface area contributed by atoms with Crippen LogP contribution in [0.5, 0.6) is 5.88 Å². The molecule has 0 atom stereocenters.